The Kier molecular flexibility index (Phi) is 14.4. The summed E-state index contributed by atoms with van der Waals surface area (Å²) >= 11 is 0. The van der Waals surface area contributed by atoms with Gasteiger partial charge < -0.3 is 38.8 Å². The van der Waals surface area contributed by atoms with Crippen LogP contribution in [-0.2, 0) is 37.0 Å². The first-order chi connectivity index (χ1) is 21.9. The van der Waals surface area contributed by atoms with Gasteiger partial charge in [0.2, 0.25) is 5.91 Å². The van der Waals surface area contributed by atoms with Gasteiger partial charge in [-0.15, -0.1) is 0 Å². The molecule has 2 aliphatic rings. The van der Waals surface area contributed by atoms with Crippen molar-refractivity contribution in [2.75, 3.05) is 78.3 Å². The number of fused-ring (bicyclic) bond motifs is 1. The van der Waals surface area contributed by atoms with Crippen LogP contribution in [0.4, 0.5) is 5.69 Å². The minimum absolute atomic E-state index is 0.0214. The molecule has 0 saturated carbocycles. The van der Waals surface area contributed by atoms with Gasteiger partial charge in [-0.25, -0.2) is 0 Å². The summed E-state index contributed by atoms with van der Waals surface area (Å²) in [7, 11) is 3.47. The first-order valence-electron chi connectivity index (χ1n) is 16.7. The normalized spacial score (nSPS) is 20.4. The molecular weight excluding hydrogens is 570 g/mol. The van der Waals surface area contributed by atoms with Gasteiger partial charge in [0.1, 0.15) is 12.4 Å². The van der Waals surface area contributed by atoms with E-state index in [1.54, 1.807) is 14.2 Å². The van der Waals surface area contributed by atoms with Gasteiger partial charge in [-0.05, 0) is 55.5 Å². The summed E-state index contributed by atoms with van der Waals surface area (Å²) in [4.78, 5) is 17.3. The SMILES string of the molecule is CCN(CC)C(=O)CC1C[C@H](c2ccc(COC[C@H](C)COC)cc2)[C@@H](OCc2ccc3c(c2)N(CCCOC)CCO3)CN1. The number of carbonyl (C=O) groups is 1. The van der Waals surface area contributed by atoms with E-state index in [-0.39, 0.29) is 24.0 Å². The van der Waals surface area contributed by atoms with Crippen LogP contribution in [0.15, 0.2) is 42.5 Å². The molecule has 1 N–H and O–H groups in total. The van der Waals surface area contributed by atoms with E-state index < -0.39 is 0 Å². The Morgan fingerprint density at radius 3 is 2.56 bits per heavy atom. The Morgan fingerprint density at radius 2 is 1.82 bits per heavy atom. The summed E-state index contributed by atoms with van der Waals surface area (Å²) in [5.74, 6) is 1.66. The molecule has 0 aromatic heterocycles. The minimum atomic E-state index is -0.0214. The molecular formula is C36H55N3O6. The third-order valence-corrected chi connectivity index (χ3v) is 8.89. The van der Waals surface area contributed by atoms with Crippen molar-refractivity contribution in [1.82, 2.24) is 10.2 Å². The van der Waals surface area contributed by atoms with Crippen LogP contribution in [0.3, 0.4) is 0 Å². The highest BCUT2D eigenvalue weighted by Gasteiger charge is 2.33. The summed E-state index contributed by atoms with van der Waals surface area (Å²) in [5.41, 5.74) is 4.64. The molecule has 9 heteroatoms. The van der Waals surface area contributed by atoms with Crippen LogP contribution in [0.1, 0.15) is 62.6 Å². The number of hydrogen-bond donors (Lipinski definition) is 1. The van der Waals surface area contributed by atoms with E-state index in [2.05, 4.69) is 59.6 Å². The zero-order valence-corrected chi connectivity index (χ0v) is 28.1. The Labute approximate surface area is 270 Å². The lowest BCUT2D eigenvalue weighted by Gasteiger charge is -2.38. The van der Waals surface area contributed by atoms with E-state index in [1.807, 2.05) is 18.7 Å². The number of anilines is 1. The number of rotatable bonds is 18. The van der Waals surface area contributed by atoms with Crippen LogP contribution >= 0.6 is 0 Å². The Balaban J connectivity index is 1.44. The van der Waals surface area contributed by atoms with Crippen molar-refractivity contribution in [2.45, 2.75) is 71.3 Å². The molecule has 0 spiro atoms. The van der Waals surface area contributed by atoms with Crippen LogP contribution in [-0.4, -0.2) is 96.3 Å². The summed E-state index contributed by atoms with van der Waals surface area (Å²) in [5, 5.41) is 3.64. The Hall–Kier alpha value is -2.69. The van der Waals surface area contributed by atoms with Crippen LogP contribution in [0.25, 0.3) is 0 Å². The van der Waals surface area contributed by atoms with Crippen LogP contribution in [0.2, 0.25) is 0 Å². The second-order valence-corrected chi connectivity index (χ2v) is 12.4. The van der Waals surface area contributed by atoms with E-state index in [0.29, 0.717) is 51.9 Å². The quantitative estimate of drug-likeness (QED) is 0.232. The highest BCUT2D eigenvalue weighted by atomic mass is 16.5. The third kappa shape index (κ3) is 10.4. The van der Waals surface area contributed by atoms with E-state index in [9.17, 15) is 4.79 Å². The molecule has 2 heterocycles. The smallest absolute Gasteiger partial charge is 0.224 e. The molecule has 1 amide bonds. The van der Waals surface area contributed by atoms with Gasteiger partial charge in [0, 0.05) is 71.3 Å². The predicted octanol–water partition coefficient (Wildman–Crippen LogP) is 5.01. The molecule has 45 heavy (non-hydrogen) atoms. The molecule has 250 valence electrons. The molecule has 2 aliphatic heterocycles. The average molecular weight is 626 g/mol. The molecule has 2 aromatic rings. The van der Waals surface area contributed by atoms with E-state index in [4.69, 9.17) is 23.7 Å². The average Bonchev–Trinajstić information content (AvgIpc) is 3.05. The van der Waals surface area contributed by atoms with Crippen molar-refractivity contribution in [3.63, 3.8) is 0 Å². The van der Waals surface area contributed by atoms with Gasteiger partial charge in [-0.3, -0.25) is 4.79 Å². The number of benzene rings is 2. The van der Waals surface area contributed by atoms with Gasteiger partial charge in [-0.1, -0.05) is 37.3 Å². The Bertz CT molecular complexity index is 1160. The van der Waals surface area contributed by atoms with Gasteiger partial charge >= 0.3 is 0 Å². The maximum Gasteiger partial charge on any atom is 0.224 e. The largest absolute Gasteiger partial charge is 0.490 e. The molecule has 2 aromatic carbocycles. The third-order valence-electron chi connectivity index (χ3n) is 8.89. The lowest BCUT2D eigenvalue weighted by atomic mass is 9.83. The second kappa shape index (κ2) is 18.5. The molecule has 0 bridgehead atoms. The van der Waals surface area contributed by atoms with Gasteiger partial charge in [0.25, 0.3) is 0 Å². The zero-order valence-electron chi connectivity index (χ0n) is 28.1. The summed E-state index contributed by atoms with van der Waals surface area (Å²) in [6.45, 7) is 14.1. The van der Waals surface area contributed by atoms with E-state index >= 15 is 0 Å². The highest BCUT2D eigenvalue weighted by Crippen LogP contribution is 2.35. The lowest BCUT2D eigenvalue weighted by Crippen LogP contribution is -2.49. The van der Waals surface area contributed by atoms with Crippen molar-refractivity contribution in [3.05, 3.63) is 59.2 Å². The second-order valence-electron chi connectivity index (χ2n) is 12.4. The van der Waals surface area contributed by atoms with E-state index in [1.165, 1.54) is 5.56 Å². The lowest BCUT2D eigenvalue weighted by molar-refractivity contribution is -0.131. The number of ether oxygens (including phenoxy) is 5. The predicted molar refractivity (Wildman–Crippen MR) is 178 cm³/mol. The number of hydrogen-bond acceptors (Lipinski definition) is 8. The topological polar surface area (TPSA) is 81.7 Å². The number of amides is 1. The Morgan fingerprint density at radius 1 is 1.04 bits per heavy atom. The molecule has 4 rings (SSSR count). The summed E-state index contributed by atoms with van der Waals surface area (Å²) in [6.07, 6.45) is 2.29. The molecule has 1 unspecified atom stereocenters. The van der Waals surface area contributed by atoms with Crippen molar-refractivity contribution in [3.8, 4) is 5.75 Å². The maximum absolute atomic E-state index is 13.0. The molecule has 0 radical (unpaired) electrons. The fourth-order valence-electron chi connectivity index (χ4n) is 6.38. The molecule has 4 atom stereocenters. The summed E-state index contributed by atoms with van der Waals surface area (Å²) in [6, 6.07) is 15.2. The number of methoxy groups -OCH3 is 2. The van der Waals surface area contributed by atoms with Crippen LogP contribution in [0, 0.1) is 5.92 Å². The monoisotopic (exact) mass is 625 g/mol. The number of piperidine rings is 1. The van der Waals surface area contributed by atoms with Gasteiger partial charge in [0.15, 0.2) is 0 Å². The minimum Gasteiger partial charge on any atom is -0.490 e. The molecule has 9 nitrogen and oxygen atoms in total. The van der Waals surface area contributed by atoms with Gasteiger partial charge in [0.05, 0.1) is 44.8 Å². The van der Waals surface area contributed by atoms with Crippen molar-refractivity contribution in [1.29, 1.82) is 0 Å². The maximum atomic E-state index is 13.0. The zero-order chi connectivity index (χ0) is 32.0. The van der Waals surface area contributed by atoms with Gasteiger partial charge in [-0.2, -0.15) is 0 Å². The fourth-order valence-corrected chi connectivity index (χ4v) is 6.38. The number of carbonyl (C=O) groups excluding carboxylic acids is 1. The first-order valence-corrected chi connectivity index (χ1v) is 16.7. The fraction of sp³-hybridized carbons (Fsp3) is 0.639. The molecule has 1 fully saturated rings. The van der Waals surface area contributed by atoms with Crippen molar-refractivity contribution >= 4 is 11.6 Å². The van der Waals surface area contributed by atoms with E-state index in [0.717, 1.165) is 68.2 Å². The summed E-state index contributed by atoms with van der Waals surface area (Å²) < 4.78 is 29.0. The standard InChI is InChI=1S/C36H55N3O6/c1-6-38(7-2)36(40)21-31-20-32(30-12-9-28(10-13-30)25-43-24-27(3)23-42-5)35(22-37-31)45-26-29-11-14-34-33(19-29)39(16-18-44-34)15-8-17-41-4/h9-14,19,27,31-32,35,37H,6-8,15-18,20-26H2,1-5H3/t27-,31?,32-,35+/m1/s1. The van der Waals surface area contributed by atoms with Crippen molar-refractivity contribution < 1.29 is 28.5 Å². The van der Waals surface area contributed by atoms with Crippen LogP contribution in [0.5, 0.6) is 5.75 Å². The van der Waals surface area contributed by atoms with Crippen LogP contribution < -0.4 is 15.0 Å². The highest BCUT2D eigenvalue weighted by molar-refractivity contribution is 5.76. The molecule has 1 saturated heterocycles. The number of nitrogens with zero attached hydrogens (tertiary/aromatic N) is 2. The number of nitrogens with one attached hydrogen (secondary N) is 1. The molecule has 0 aliphatic carbocycles. The first kappa shape index (κ1) is 35.2. The van der Waals surface area contributed by atoms with Crippen molar-refractivity contribution in [2.24, 2.45) is 5.92 Å².